The third-order valence-corrected chi connectivity index (χ3v) is 5.44. The van der Waals surface area contributed by atoms with Crippen LogP contribution in [0, 0.1) is 23.2 Å². The van der Waals surface area contributed by atoms with E-state index >= 15 is 0 Å². The number of Topliss-reactive ketones (excluding diaryl/α,β-unsaturated/α-hetero) is 1. The maximum absolute atomic E-state index is 11.5. The van der Waals surface area contributed by atoms with Crippen molar-refractivity contribution in [1.82, 2.24) is 0 Å². The highest BCUT2D eigenvalue weighted by atomic mass is 16.6. The third-order valence-electron chi connectivity index (χ3n) is 5.44. The number of ketones is 1. The molecule has 2 saturated carbocycles. The van der Waals surface area contributed by atoms with Gasteiger partial charge in [0.2, 0.25) is 0 Å². The van der Waals surface area contributed by atoms with Crippen LogP contribution in [0.5, 0.6) is 0 Å². The molecule has 0 radical (unpaired) electrons. The smallest absolute Gasteiger partial charge is 0.334 e. The molecule has 1 heterocycles. The molecule has 98 valence electrons. The van der Waals surface area contributed by atoms with E-state index < -0.39 is 0 Å². The molecule has 0 bridgehead atoms. The number of carbonyl (C=O) groups excluding carboxylic acids is 2. The molecule has 0 aromatic heterocycles. The predicted octanol–water partition coefficient (Wildman–Crippen LogP) is 2.50. The molecular weight excluding hydrogens is 228 g/mol. The molecule has 3 heteroatoms. The minimum Gasteiger partial charge on any atom is -0.458 e. The van der Waals surface area contributed by atoms with Gasteiger partial charge in [0.15, 0.2) is 0 Å². The number of fused-ring (bicyclic) bond motifs is 2. The van der Waals surface area contributed by atoms with Gasteiger partial charge in [-0.15, -0.1) is 0 Å². The summed E-state index contributed by atoms with van der Waals surface area (Å²) in [6.45, 7) is 7.81. The molecule has 1 saturated heterocycles. The minimum atomic E-state index is -0.199. The van der Waals surface area contributed by atoms with Gasteiger partial charge >= 0.3 is 5.97 Å². The predicted molar refractivity (Wildman–Crippen MR) is 66.7 cm³/mol. The van der Waals surface area contributed by atoms with Crippen LogP contribution < -0.4 is 0 Å². The van der Waals surface area contributed by atoms with Gasteiger partial charge in [-0.05, 0) is 43.4 Å². The van der Waals surface area contributed by atoms with E-state index in [1.807, 2.05) is 0 Å². The Morgan fingerprint density at radius 3 is 2.94 bits per heavy atom. The number of rotatable bonds is 3. The van der Waals surface area contributed by atoms with Crippen molar-refractivity contribution >= 4 is 11.8 Å². The molecule has 0 aromatic carbocycles. The van der Waals surface area contributed by atoms with Gasteiger partial charge < -0.3 is 9.53 Å². The number of hydrogen-bond donors (Lipinski definition) is 0. The van der Waals surface area contributed by atoms with Crippen molar-refractivity contribution in [3.63, 3.8) is 0 Å². The molecule has 0 spiro atoms. The highest BCUT2D eigenvalue weighted by molar-refractivity contribution is 5.90. The summed E-state index contributed by atoms with van der Waals surface area (Å²) in [5.74, 6) is 1.61. The largest absolute Gasteiger partial charge is 0.458 e. The Kier molecular flexibility index (Phi) is 2.45. The van der Waals surface area contributed by atoms with Crippen LogP contribution in [0.25, 0.3) is 0 Å². The van der Waals surface area contributed by atoms with Gasteiger partial charge in [-0.1, -0.05) is 13.5 Å². The summed E-state index contributed by atoms with van der Waals surface area (Å²) in [5.41, 5.74) is 0.959. The Morgan fingerprint density at radius 2 is 2.28 bits per heavy atom. The highest BCUT2D eigenvalue weighted by Crippen LogP contribution is 2.70. The van der Waals surface area contributed by atoms with Crippen molar-refractivity contribution in [2.75, 3.05) is 0 Å². The third kappa shape index (κ3) is 1.56. The zero-order valence-electron chi connectivity index (χ0n) is 11.1. The SMILES string of the molecule is C=C1C(=O)OC2C[C@]3(C)C(CC12)[C@@H]3CCC(C)=O. The number of carbonyl (C=O) groups is 2. The molecule has 3 nitrogen and oxygen atoms in total. The van der Waals surface area contributed by atoms with Gasteiger partial charge in [0.05, 0.1) is 0 Å². The summed E-state index contributed by atoms with van der Waals surface area (Å²) in [5, 5.41) is 0. The summed E-state index contributed by atoms with van der Waals surface area (Å²) in [4.78, 5) is 22.6. The van der Waals surface area contributed by atoms with E-state index in [1.165, 1.54) is 0 Å². The maximum Gasteiger partial charge on any atom is 0.334 e. The molecule has 3 aliphatic rings. The summed E-state index contributed by atoms with van der Waals surface area (Å²) in [6.07, 6.45) is 3.71. The first-order valence-corrected chi connectivity index (χ1v) is 6.82. The lowest BCUT2D eigenvalue weighted by molar-refractivity contribution is -0.140. The minimum absolute atomic E-state index is 0.0496. The van der Waals surface area contributed by atoms with E-state index in [1.54, 1.807) is 6.92 Å². The first-order valence-electron chi connectivity index (χ1n) is 6.82. The zero-order valence-corrected chi connectivity index (χ0v) is 11.1. The average molecular weight is 248 g/mol. The monoisotopic (exact) mass is 248 g/mol. The van der Waals surface area contributed by atoms with E-state index in [4.69, 9.17) is 4.74 Å². The van der Waals surface area contributed by atoms with Crippen molar-refractivity contribution in [3.05, 3.63) is 12.2 Å². The fourth-order valence-corrected chi connectivity index (χ4v) is 4.25. The molecule has 0 aromatic rings. The number of esters is 1. The molecular formula is C15H20O3. The van der Waals surface area contributed by atoms with E-state index in [9.17, 15) is 9.59 Å². The van der Waals surface area contributed by atoms with Crippen LogP contribution in [0.15, 0.2) is 12.2 Å². The van der Waals surface area contributed by atoms with Crippen LogP contribution in [-0.4, -0.2) is 17.9 Å². The van der Waals surface area contributed by atoms with Gasteiger partial charge in [0, 0.05) is 17.9 Å². The molecule has 0 N–H and O–H groups in total. The average Bonchev–Trinajstić information content (AvgIpc) is 2.77. The Bertz CT molecular complexity index is 439. The highest BCUT2D eigenvalue weighted by Gasteiger charge is 2.66. The normalized spacial score (nSPS) is 45.2. The van der Waals surface area contributed by atoms with Crippen LogP contribution in [-0.2, 0) is 14.3 Å². The Balaban J connectivity index is 1.69. The fourth-order valence-electron chi connectivity index (χ4n) is 4.25. The van der Waals surface area contributed by atoms with Crippen LogP contribution in [0.3, 0.4) is 0 Å². The molecule has 0 amide bonds. The van der Waals surface area contributed by atoms with Gasteiger partial charge in [-0.3, -0.25) is 0 Å². The Hall–Kier alpha value is -1.12. The second-order valence-electron chi connectivity index (χ2n) is 6.47. The summed E-state index contributed by atoms with van der Waals surface area (Å²) < 4.78 is 5.41. The Morgan fingerprint density at radius 1 is 1.56 bits per heavy atom. The van der Waals surface area contributed by atoms with Crippen LogP contribution in [0.4, 0.5) is 0 Å². The second-order valence-corrected chi connectivity index (χ2v) is 6.47. The van der Waals surface area contributed by atoms with E-state index in [2.05, 4.69) is 13.5 Å². The van der Waals surface area contributed by atoms with E-state index in [0.717, 1.165) is 19.3 Å². The van der Waals surface area contributed by atoms with Gasteiger partial charge in [-0.2, -0.15) is 0 Å². The maximum atomic E-state index is 11.5. The Labute approximate surface area is 108 Å². The van der Waals surface area contributed by atoms with Crippen LogP contribution in [0.1, 0.15) is 39.5 Å². The lowest BCUT2D eigenvalue weighted by Gasteiger charge is -2.27. The van der Waals surface area contributed by atoms with Crippen molar-refractivity contribution in [1.29, 1.82) is 0 Å². The van der Waals surface area contributed by atoms with E-state index in [-0.39, 0.29) is 23.8 Å². The van der Waals surface area contributed by atoms with Crippen molar-refractivity contribution in [3.8, 4) is 0 Å². The van der Waals surface area contributed by atoms with Gasteiger partial charge in [0.1, 0.15) is 11.9 Å². The topological polar surface area (TPSA) is 43.4 Å². The molecule has 3 fully saturated rings. The lowest BCUT2D eigenvalue weighted by Crippen LogP contribution is -2.26. The first kappa shape index (κ1) is 11.9. The molecule has 2 aliphatic carbocycles. The standard InChI is InChI=1S/C15H20O3/c1-8(16)4-5-11-12-6-10-9(2)14(17)18-13(10)7-15(11,12)3/h10-13H,2,4-7H2,1,3H3/t10?,11-,12?,13?,15-/m0/s1. The zero-order chi connectivity index (χ0) is 13.1. The number of hydrogen-bond acceptors (Lipinski definition) is 3. The molecule has 18 heavy (non-hydrogen) atoms. The van der Waals surface area contributed by atoms with Crippen molar-refractivity contribution < 1.29 is 14.3 Å². The summed E-state index contributed by atoms with van der Waals surface area (Å²) >= 11 is 0. The van der Waals surface area contributed by atoms with Crippen LogP contribution in [0.2, 0.25) is 0 Å². The summed E-state index contributed by atoms with van der Waals surface area (Å²) in [7, 11) is 0. The van der Waals surface area contributed by atoms with Crippen LogP contribution >= 0.6 is 0 Å². The van der Waals surface area contributed by atoms with Crippen molar-refractivity contribution in [2.24, 2.45) is 23.2 Å². The lowest BCUT2D eigenvalue weighted by atomic mass is 9.79. The second kappa shape index (κ2) is 3.69. The molecule has 5 atom stereocenters. The summed E-state index contributed by atoms with van der Waals surface area (Å²) in [6, 6.07) is 0. The number of ether oxygens (including phenoxy) is 1. The van der Waals surface area contributed by atoms with Gasteiger partial charge in [0.25, 0.3) is 0 Å². The quantitative estimate of drug-likeness (QED) is 0.569. The molecule has 3 rings (SSSR count). The molecule has 3 unspecified atom stereocenters. The van der Waals surface area contributed by atoms with Gasteiger partial charge in [-0.25, -0.2) is 4.79 Å². The van der Waals surface area contributed by atoms with E-state index in [0.29, 0.717) is 29.2 Å². The fraction of sp³-hybridized carbons (Fsp3) is 0.733. The first-order chi connectivity index (χ1) is 8.43. The molecule has 1 aliphatic heterocycles. The van der Waals surface area contributed by atoms with Crippen molar-refractivity contribution in [2.45, 2.75) is 45.6 Å².